The van der Waals surface area contributed by atoms with E-state index in [-0.39, 0.29) is 22.8 Å². The number of halogens is 2. The molecule has 0 amide bonds. The van der Waals surface area contributed by atoms with Gasteiger partial charge < -0.3 is 17.0 Å². The normalized spacial score (nSPS) is 10.3. The minimum absolute atomic E-state index is 0. The quantitative estimate of drug-likeness (QED) is 0.446. The summed E-state index contributed by atoms with van der Waals surface area (Å²) in [7, 11) is 0. The average molecular weight is 431 g/mol. The topological polar surface area (TPSA) is 20.9 Å². The van der Waals surface area contributed by atoms with Crippen molar-refractivity contribution in [3.05, 3.63) is 99.8 Å². The molecule has 0 atom stereocenters. The third-order valence-corrected chi connectivity index (χ3v) is 4.68. The summed E-state index contributed by atoms with van der Waals surface area (Å²) in [6.45, 7) is 4.91. The zero-order valence-electron chi connectivity index (χ0n) is 14.9. The molecule has 0 unspecified atom stereocenters. The Morgan fingerprint density at radius 2 is 1.69 bits per heavy atom. The highest BCUT2D eigenvalue weighted by molar-refractivity contribution is 6.30. The lowest BCUT2D eigenvalue weighted by Gasteiger charge is -2.08. The first-order valence-corrected chi connectivity index (χ1v) is 8.83. The number of pyridine rings is 1. The molecule has 0 spiro atoms. The Morgan fingerprint density at radius 3 is 2.38 bits per heavy atom. The van der Waals surface area contributed by atoms with E-state index in [1.165, 1.54) is 11.3 Å². The minimum Gasteiger partial charge on any atom is -1.00 e. The number of nitrogens with zero attached hydrogens (tertiary/aromatic N) is 1. The van der Waals surface area contributed by atoms with Crippen LogP contribution < -0.4 is 21.5 Å². The van der Waals surface area contributed by atoms with E-state index < -0.39 is 0 Å². The number of hydrogen-bond donors (Lipinski definition) is 0. The Bertz CT molecular complexity index is 906. The van der Waals surface area contributed by atoms with Gasteiger partial charge in [-0.1, -0.05) is 42.8 Å². The summed E-state index contributed by atoms with van der Waals surface area (Å²) in [5, 5.41) is 0.632. The molecule has 2 aromatic carbocycles. The Kier molecular flexibility index (Phi) is 7.13. The number of benzene rings is 2. The largest absolute Gasteiger partial charge is 1.00 e. The fourth-order valence-electron chi connectivity index (χ4n) is 2.87. The predicted molar refractivity (Wildman–Crippen MR) is 101 cm³/mol. The van der Waals surface area contributed by atoms with Gasteiger partial charge in [0.1, 0.15) is 0 Å². The van der Waals surface area contributed by atoms with Gasteiger partial charge in [0.25, 0.3) is 0 Å². The molecule has 0 fully saturated rings. The molecule has 1 heterocycles. The van der Waals surface area contributed by atoms with Crippen molar-refractivity contribution in [1.82, 2.24) is 0 Å². The summed E-state index contributed by atoms with van der Waals surface area (Å²) >= 11 is 5.93. The molecular weight excluding hydrogens is 410 g/mol. The van der Waals surface area contributed by atoms with Gasteiger partial charge in [-0.05, 0) is 36.8 Å². The van der Waals surface area contributed by atoms with E-state index in [9.17, 15) is 4.79 Å². The number of rotatable bonds is 5. The molecule has 0 aliphatic rings. The van der Waals surface area contributed by atoms with Crippen molar-refractivity contribution in [2.75, 3.05) is 0 Å². The molecule has 0 aliphatic carbocycles. The lowest BCUT2D eigenvalue weighted by molar-refractivity contribution is -0.694. The third-order valence-electron chi connectivity index (χ3n) is 4.43. The zero-order chi connectivity index (χ0) is 17.8. The summed E-state index contributed by atoms with van der Waals surface area (Å²) in [6.07, 6.45) is 3.16. The second kappa shape index (κ2) is 9.11. The van der Waals surface area contributed by atoms with Gasteiger partial charge in [-0.15, -0.1) is 0 Å². The molecule has 3 aromatic rings. The van der Waals surface area contributed by atoms with Crippen LogP contribution in [0.4, 0.5) is 0 Å². The van der Waals surface area contributed by atoms with E-state index in [0.29, 0.717) is 17.1 Å². The van der Waals surface area contributed by atoms with Crippen LogP contribution >= 0.6 is 11.6 Å². The number of hydrogen-bond acceptors (Lipinski definition) is 1. The monoisotopic (exact) mass is 429 g/mol. The maximum absolute atomic E-state index is 12.9. The van der Waals surface area contributed by atoms with Crippen LogP contribution in [0.1, 0.15) is 39.7 Å². The van der Waals surface area contributed by atoms with Crippen LogP contribution in [-0.4, -0.2) is 5.78 Å². The second-order valence-electron chi connectivity index (χ2n) is 6.15. The van der Waals surface area contributed by atoms with E-state index in [1.54, 1.807) is 24.3 Å². The minimum atomic E-state index is 0. The van der Waals surface area contributed by atoms with E-state index >= 15 is 0 Å². The lowest BCUT2D eigenvalue weighted by atomic mass is 9.98. The number of ketones is 1. The Hall–Kier alpha value is -1.97. The summed E-state index contributed by atoms with van der Waals surface area (Å²) in [5.41, 5.74) is 4.86. The van der Waals surface area contributed by atoms with Crippen LogP contribution in [0.15, 0.2) is 66.9 Å². The number of aryl methyl sites for hydroxylation is 2. The van der Waals surface area contributed by atoms with Gasteiger partial charge in [-0.25, -0.2) is 0 Å². The molecule has 134 valence electrons. The van der Waals surface area contributed by atoms with Crippen molar-refractivity contribution in [1.29, 1.82) is 0 Å². The van der Waals surface area contributed by atoms with Gasteiger partial charge in [0.05, 0.1) is 0 Å². The van der Waals surface area contributed by atoms with Gasteiger partial charge in [0.15, 0.2) is 24.2 Å². The van der Waals surface area contributed by atoms with E-state index in [2.05, 4.69) is 36.7 Å². The maximum atomic E-state index is 12.9. The molecule has 0 saturated heterocycles. The van der Waals surface area contributed by atoms with Gasteiger partial charge in [-0.3, -0.25) is 4.79 Å². The number of aromatic nitrogens is 1. The Labute approximate surface area is 170 Å². The smallest absolute Gasteiger partial charge is 0.193 e. The summed E-state index contributed by atoms with van der Waals surface area (Å²) < 4.78 is 2.20. The summed E-state index contributed by atoms with van der Waals surface area (Å²) in [4.78, 5) is 12.9. The van der Waals surface area contributed by atoms with E-state index in [0.717, 1.165) is 17.5 Å². The molecule has 0 saturated carbocycles. The molecule has 1 aromatic heterocycles. The maximum Gasteiger partial charge on any atom is 0.193 e. The molecule has 3 rings (SSSR count). The van der Waals surface area contributed by atoms with Crippen molar-refractivity contribution in [3.8, 4) is 0 Å². The standard InChI is InChI=1S/C22H21ClNO.BrH/c1-3-17-9-8-16(2)24(14-17)15-19-6-4-5-7-21(19)22(25)18-10-12-20(23)13-11-18;/h4-14H,3,15H2,1-2H3;1H/q+1;/p-1. The van der Waals surface area contributed by atoms with Crippen LogP contribution in [0.3, 0.4) is 0 Å². The molecule has 26 heavy (non-hydrogen) atoms. The summed E-state index contributed by atoms with van der Waals surface area (Å²) in [5.74, 6) is 0.0252. The number of carbonyl (C=O) groups is 1. The second-order valence-corrected chi connectivity index (χ2v) is 6.59. The van der Waals surface area contributed by atoms with Crippen molar-refractivity contribution in [2.24, 2.45) is 0 Å². The highest BCUT2D eigenvalue weighted by atomic mass is 79.9. The first-order valence-electron chi connectivity index (χ1n) is 8.45. The van der Waals surface area contributed by atoms with Crippen molar-refractivity contribution in [3.63, 3.8) is 0 Å². The SMILES string of the molecule is CCc1ccc(C)[n+](Cc2ccccc2C(=O)c2ccc(Cl)cc2)c1.[Br-]. The zero-order valence-corrected chi connectivity index (χ0v) is 17.2. The first-order chi connectivity index (χ1) is 12.1. The molecule has 4 heteroatoms. The fourth-order valence-corrected chi connectivity index (χ4v) is 2.99. The molecule has 0 aliphatic heterocycles. The van der Waals surface area contributed by atoms with Gasteiger partial charge in [0.2, 0.25) is 0 Å². The average Bonchev–Trinajstić information content (AvgIpc) is 2.64. The predicted octanol–water partition coefficient (Wildman–Crippen LogP) is 1.78. The van der Waals surface area contributed by atoms with Gasteiger partial charge in [0, 0.05) is 40.3 Å². The molecule has 0 bridgehead atoms. The van der Waals surface area contributed by atoms with Crippen LogP contribution in [0, 0.1) is 6.92 Å². The third kappa shape index (κ3) is 4.60. The van der Waals surface area contributed by atoms with Crippen LogP contribution in [0.2, 0.25) is 5.02 Å². The Morgan fingerprint density at radius 1 is 1.00 bits per heavy atom. The van der Waals surface area contributed by atoms with E-state index in [1.807, 2.05) is 24.3 Å². The van der Waals surface area contributed by atoms with Crippen LogP contribution in [0.5, 0.6) is 0 Å². The molecule has 0 N–H and O–H groups in total. The van der Waals surface area contributed by atoms with Crippen molar-refractivity contribution < 1.29 is 26.3 Å². The van der Waals surface area contributed by atoms with E-state index in [4.69, 9.17) is 11.6 Å². The molecule has 2 nitrogen and oxygen atoms in total. The highest BCUT2D eigenvalue weighted by Crippen LogP contribution is 2.17. The Balaban J connectivity index is 0.00000243. The summed E-state index contributed by atoms with van der Waals surface area (Å²) in [6, 6.07) is 19.1. The fraction of sp³-hybridized carbons (Fsp3) is 0.182. The first kappa shape index (κ1) is 20.3. The molecular formula is C22H21BrClNO. The highest BCUT2D eigenvalue weighted by Gasteiger charge is 2.17. The van der Waals surface area contributed by atoms with Crippen LogP contribution in [0.25, 0.3) is 0 Å². The van der Waals surface area contributed by atoms with Crippen molar-refractivity contribution in [2.45, 2.75) is 26.8 Å². The molecule has 0 radical (unpaired) electrons. The van der Waals surface area contributed by atoms with Gasteiger partial charge >= 0.3 is 0 Å². The number of carbonyl (C=O) groups excluding carboxylic acids is 1. The van der Waals surface area contributed by atoms with Gasteiger partial charge in [-0.2, -0.15) is 4.57 Å². The van der Waals surface area contributed by atoms with Crippen LogP contribution in [-0.2, 0) is 13.0 Å². The lowest BCUT2D eigenvalue weighted by Crippen LogP contribution is -3.00. The van der Waals surface area contributed by atoms with Crippen molar-refractivity contribution >= 4 is 17.4 Å².